The standard InChI is InChI=1S/C17H12Cl2N2O2/c18-13-4-7-16(19)15(10-13)17(22)23-11-12-2-5-14(6-3-12)21-9-1-8-20-21/h1-10H,11H2. The van der Waals surface area contributed by atoms with Gasteiger partial charge in [0.2, 0.25) is 0 Å². The average Bonchev–Trinajstić information content (AvgIpc) is 3.10. The number of halogens is 2. The van der Waals surface area contributed by atoms with Crippen molar-refractivity contribution in [2.24, 2.45) is 0 Å². The highest BCUT2D eigenvalue weighted by Crippen LogP contribution is 2.22. The second-order valence-electron chi connectivity index (χ2n) is 4.82. The molecule has 3 rings (SSSR count). The van der Waals surface area contributed by atoms with Crippen LogP contribution in [0.2, 0.25) is 10.0 Å². The van der Waals surface area contributed by atoms with E-state index >= 15 is 0 Å². The summed E-state index contributed by atoms with van der Waals surface area (Å²) in [6, 6.07) is 14.1. The second-order valence-corrected chi connectivity index (χ2v) is 5.66. The van der Waals surface area contributed by atoms with Crippen LogP contribution in [0.1, 0.15) is 15.9 Å². The van der Waals surface area contributed by atoms with E-state index in [1.807, 2.05) is 36.5 Å². The maximum atomic E-state index is 12.1. The lowest BCUT2D eigenvalue weighted by Crippen LogP contribution is -2.06. The van der Waals surface area contributed by atoms with Gasteiger partial charge in [0.15, 0.2) is 0 Å². The second kappa shape index (κ2) is 6.86. The number of carbonyl (C=O) groups excluding carboxylic acids is 1. The minimum atomic E-state index is -0.506. The third-order valence-electron chi connectivity index (χ3n) is 3.22. The number of rotatable bonds is 4. The fourth-order valence-corrected chi connectivity index (χ4v) is 2.41. The van der Waals surface area contributed by atoms with Crippen molar-refractivity contribution >= 4 is 29.2 Å². The largest absolute Gasteiger partial charge is 0.457 e. The third-order valence-corrected chi connectivity index (χ3v) is 3.79. The number of ether oxygens (including phenoxy) is 1. The molecule has 2 aromatic carbocycles. The molecule has 0 saturated carbocycles. The van der Waals surface area contributed by atoms with Crippen LogP contribution >= 0.6 is 23.2 Å². The zero-order valence-corrected chi connectivity index (χ0v) is 13.5. The van der Waals surface area contributed by atoms with Crippen LogP contribution in [0.15, 0.2) is 60.9 Å². The van der Waals surface area contributed by atoms with Crippen LogP contribution in [-0.4, -0.2) is 15.7 Å². The van der Waals surface area contributed by atoms with Crippen molar-refractivity contribution in [1.29, 1.82) is 0 Å². The molecule has 6 heteroatoms. The van der Waals surface area contributed by atoms with E-state index in [0.29, 0.717) is 10.0 Å². The Morgan fingerprint density at radius 3 is 2.61 bits per heavy atom. The Morgan fingerprint density at radius 1 is 1.13 bits per heavy atom. The summed E-state index contributed by atoms with van der Waals surface area (Å²) < 4.78 is 7.03. The molecule has 0 aliphatic rings. The molecular weight excluding hydrogens is 335 g/mol. The number of hydrogen-bond acceptors (Lipinski definition) is 3. The fraction of sp³-hybridized carbons (Fsp3) is 0.0588. The van der Waals surface area contributed by atoms with E-state index in [1.165, 1.54) is 6.07 Å². The van der Waals surface area contributed by atoms with Gasteiger partial charge in [0, 0.05) is 17.4 Å². The summed E-state index contributed by atoms with van der Waals surface area (Å²) in [6.07, 6.45) is 3.57. The van der Waals surface area contributed by atoms with E-state index in [2.05, 4.69) is 5.10 Å². The van der Waals surface area contributed by atoms with Gasteiger partial charge in [-0.1, -0.05) is 35.3 Å². The monoisotopic (exact) mass is 346 g/mol. The quantitative estimate of drug-likeness (QED) is 0.651. The topological polar surface area (TPSA) is 44.1 Å². The zero-order chi connectivity index (χ0) is 16.2. The van der Waals surface area contributed by atoms with Crippen molar-refractivity contribution in [3.05, 3.63) is 82.1 Å². The van der Waals surface area contributed by atoms with E-state index in [-0.39, 0.29) is 12.2 Å². The molecule has 4 nitrogen and oxygen atoms in total. The first-order chi connectivity index (χ1) is 11.1. The highest BCUT2D eigenvalue weighted by atomic mass is 35.5. The molecule has 23 heavy (non-hydrogen) atoms. The number of benzene rings is 2. The molecule has 0 bridgehead atoms. The van der Waals surface area contributed by atoms with Crippen LogP contribution in [0, 0.1) is 0 Å². The van der Waals surface area contributed by atoms with Crippen molar-refractivity contribution in [2.45, 2.75) is 6.61 Å². The molecule has 0 atom stereocenters. The van der Waals surface area contributed by atoms with Gasteiger partial charge in [0.25, 0.3) is 0 Å². The maximum absolute atomic E-state index is 12.1. The Hall–Kier alpha value is -2.30. The molecule has 0 aliphatic carbocycles. The van der Waals surface area contributed by atoms with Crippen LogP contribution < -0.4 is 0 Å². The molecule has 0 spiro atoms. The molecular formula is C17H12Cl2N2O2. The third kappa shape index (κ3) is 3.73. The molecule has 3 aromatic rings. The van der Waals surface area contributed by atoms with Crippen LogP contribution in [0.3, 0.4) is 0 Å². The van der Waals surface area contributed by atoms with Gasteiger partial charge in [-0.2, -0.15) is 5.10 Å². The molecule has 116 valence electrons. The number of carbonyl (C=O) groups is 1. The summed E-state index contributed by atoms with van der Waals surface area (Å²) in [6.45, 7) is 0.154. The SMILES string of the molecule is O=C(OCc1ccc(-n2cccn2)cc1)c1cc(Cl)ccc1Cl. The van der Waals surface area contributed by atoms with Gasteiger partial charge in [0.05, 0.1) is 16.3 Å². The molecule has 1 aromatic heterocycles. The lowest BCUT2D eigenvalue weighted by Gasteiger charge is -2.08. The molecule has 0 N–H and O–H groups in total. The van der Waals surface area contributed by atoms with E-state index in [0.717, 1.165) is 11.3 Å². The Balaban J connectivity index is 1.66. The first-order valence-corrected chi connectivity index (χ1v) is 7.60. The van der Waals surface area contributed by atoms with Crippen LogP contribution in [-0.2, 0) is 11.3 Å². The summed E-state index contributed by atoms with van der Waals surface area (Å²) in [5.41, 5.74) is 2.06. The van der Waals surface area contributed by atoms with Crippen LogP contribution in [0.4, 0.5) is 0 Å². The first-order valence-electron chi connectivity index (χ1n) is 6.84. The van der Waals surface area contributed by atoms with Gasteiger partial charge >= 0.3 is 5.97 Å². The Bertz CT molecular complexity index is 815. The van der Waals surface area contributed by atoms with E-state index < -0.39 is 5.97 Å². The molecule has 0 saturated heterocycles. The minimum absolute atomic E-state index is 0.154. The fourth-order valence-electron chi connectivity index (χ4n) is 2.05. The van der Waals surface area contributed by atoms with Gasteiger partial charge in [0.1, 0.15) is 6.61 Å². The van der Waals surface area contributed by atoms with E-state index in [4.69, 9.17) is 27.9 Å². The molecule has 0 fully saturated rings. The number of hydrogen-bond donors (Lipinski definition) is 0. The maximum Gasteiger partial charge on any atom is 0.340 e. The summed E-state index contributed by atoms with van der Waals surface area (Å²) in [4.78, 5) is 12.1. The van der Waals surface area contributed by atoms with Crippen LogP contribution in [0.25, 0.3) is 5.69 Å². The van der Waals surface area contributed by atoms with Gasteiger partial charge in [-0.15, -0.1) is 0 Å². The molecule has 0 unspecified atom stereocenters. The average molecular weight is 347 g/mol. The van der Waals surface area contributed by atoms with Crippen molar-refractivity contribution in [1.82, 2.24) is 9.78 Å². The highest BCUT2D eigenvalue weighted by Gasteiger charge is 2.12. The summed E-state index contributed by atoms with van der Waals surface area (Å²) in [5.74, 6) is -0.506. The van der Waals surface area contributed by atoms with Gasteiger partial charge in [-0.25, -0.2) is 9.48 Å². The summed E-state index contributed by atoms with van der Waals surface area (Å²) in [7, 11) is 0. The zero-order valence-electron chi connectivity index (χ0n) is 11.9. The van der Waals surface area contributed by atoms with Gasteiger partial charge < -0.3 is 4.74 Å². The predicted molar refractivity (Wildman–Crippen MR) is 89.1 cm³/mol. The first kappa shape index (κ1) is 15.6. The van der Waals surface area contributed by atoms with E-state index in [1.54, 1.807) is 23.0 Å². The molecule has 1 heterocycles. The number of aromatic nitrogens is 2. The summed E-state index contributed by atoms with van der Waals surface area (Å²) >= 11 is 11.9. The Morgan fingerprint density at radius 2 is 1.91 bits per heavy atom. The lowest BCUT2D eigenvalue weighted by atomic mass is 10.2. The number of esters is 1. The van der Waals surface area contributed by atoms with Crippen molar-refractivity contribution in [2.75, 3.05) is 0 Å². The van der Waals surface area contributed by atoms with Crippen LogP contribution in [0.5, 0.6) is 0 Å². The number of nitrogens with zero attached hydrogens (tertiary/aromatic N) is 2. The van der Waals surface area contributed by atoms with Crippen molar-refractivity contribution in [3.63, 3.8) is 0 Å². The minimum Gasteiger partial charge on any atom is -0.457 e. The highest BCUT2D eigenvalue weighted by molar-refractivity contribution is 6.35. The lowest BCUT2D eigenvalue weighted by molar-refractivity contribution is 0.0473. The van der Waals surface area contributed by atoms with E-state index in [9.17, 15) is 4.79 Å². The smallest absolute Gasteiger partial charge is 0.340 e. The van der Waals surface area contributed by atoms with Gasteiger partial charge in [-0.3, -0.25) is 0 Å². The van der Waals surface area contributed by atoms with Gasteiger partial charge in [-0.05, 0) is 42.0 Å². The molecule has 0 radical (unpaired) electrons. The van der Waals surface area contributed by atoms with Crippen molar-refractivity contribution < 1.29 is 9.53 Å². The van der Waals surface area contributed by atoms with Crippen molar-refractivity contribution in [3.8, 4) is 5.69 Å². The Labute approximate surface area is 143 Å². The normalized spacial score (nSPS) is 10.5. The predicted octanol–water partition coefficient (Wildman–Crippen LogP) is 4.54. The Kier molecular flexibility index (Phi) is 4.65. The summed E-state index contributed by atoms with van der Waals surface area (Å²) in [5, 5.41) is 4.90. The molecule has 0 aliphatic heterocycles. The molecule has 0 amide bonds.